The molecule has 2 aromatic rings. The van der Waals surface area contributed by atoms with E-state index in [4.69, 9.17) is 14.2 Å². The summed E-state index contributed by atoms with van der Waals surface area (Å²) in [6.45, 7) is 2.08. The first-order chi connectivity index (χ1) is 12.2. The monoisotopic (exact) mass is 344 g/mol. The van der Waals surface area contributed by atoms with Crippen LogP contribution in [0.4, 0.5) is 0 Å². The topological polar surface area (TPSA) is 85.9 Å². The fraction of sp³-hybridized carbons (Fsp3) is 0.222. The first-order valence-corrected chi connectivity index (χ1v) is 7.72. The van der Waals surface area contributed by atoms with Crippen LogP contribution in [-0.2, 0) is 4.79 Å². The zero-order chi connectivity index (χ0) is 18.1. The van der Waals surface area contributed by atoms with Crippen molar-refractivity contribution in [2.45, 2.75) is 6.92 Å². The predicted octanol–water partition coefficient (Wildman–Crippen LogP) is 1.93. The summed E-state index contributed by atoms with van der Waals surface area (Å²) in [6.07, 6.45) is 0. The van der Waals surface area contributed by atoms with Gasteiger partial charge in [-0.05, 0) is 31.2 Å². The number of hydrazine groups is 1. The fourth-order valence-corrected chi connectivity index (χ4v) is 2.05. The van der Waals surface area contributed by atoms with Crippen LogP contribution in [-0.4, -0.2) is 32.1 Å². The van der Waals surface area contributed by atoms with E-state index >= 15 is 0 Å². The van der Waals surface area contributed by atoms with E-state index in [1.54, 1.807) is 42.5 Å². The summed E-state index contributed by atoms with van der Waals surface area (Å²) in [5.74, 6) is 0.428. The third-order valence-corrected chi connectivity index (χ3v) is 3.17. The highest BCUT2D eigenvalue weighted by Crippen LogP contribution is 2.26. The lowest BCUT2D eigenvalue weighted by atomic mass is 10.2. The number of hydrogen-bond donors (Lipinski definition) is 2. The molecule has 0 aromatic heterocycles. The second-order valence-corrected chi connectivity index (χ2v) is 4.87. The van der Waals surface area contributed by atoms with Gasteiger partial charge < -0.3 is 14.2 Å². The molecule has 0 spiro atoms. The molecule has 0 heterocycles. The van der Waals surface area contributed by atoms with Gasteiger partial charge in [0, 0.05) is 0 Å². The number of carbonyl (C=O) groups is 2. The molecule has 132 valence electrons. The maximum atomic E-state index is 12.1. The second kappa shape index (κ2) is 9.17. The van der Waals surface area contributed by atoms with E-state index in [0.29, 0.717) is 29.4 Å². The highest BCUT2D eigenvalue weighted by molar-refractivity contribution is 5.97. The van der Waals surface area contributed by atoms with E-state index in [9.17, 15) is 9.59 Å². The Labute approximate surface area is 145 Å². The third-order valence-electron chi connectivity index (χ3n) is 3.17. The number of ether oxygens (including phenoxy) is 3. The number of benzene rings is 2. The molecule has 0 saturated heterocycles. The van der Waals surface area contributed by atoms with Crippen molar-refractivity contribution in [1.29, 1.82) is 0 Å². The molecule has 0 atom stereocenters. The molecule has 25 heavy (non-hydrogen) atoms. The van der Waals surface area contributed by atoms with Crippen LogP contribution in [0.2, 0.25) is 0 Å². The van der Waals surface area contributed by atoms with Crippen molar-refractivity contribution in [3.63, 3.8) is 0 Å². The Morgan fingerprint density at radius 1 is 0.880 bits per heavy atom. The minimum Gasteiger partial charge on any atom is -0.496 e. The molecule has 0 aliphatic rings. The Morgan fingerprint density at radius 3 is 2.12 bits per heavy atom. The number of nitrogens with one attached hydrogen (secondary N) is 2. The summed E-state index contributed by atoms with van der Waals surface area (Å²) >= 11 is 0. The average Bonchev–Trinajstić information content (AvgIpc) is 2.65. The highest BCUT2D eigenvalue weighted by Gasteiger charge is 2.13. The molecular weight excluding hydrogens is 324 g/mol. The Balaban J connectivity index is 1.86. The molecule has 2 aromatic carbocycles. The fourth-order valence-electron chi connectivity index (χ4n) is 2.05. The summed E-state index contributed by atoms with van der Waals surface area (Å²) in [6, 6.07) is 13.7. The van der Waals surface area contributed by atoms with Crippen molar-refractivity contribution in [3.8, 4) is 17.2 Å². The van der Waals surface area contributed by atoms with Gasteiger partial charge in [0.05, 0.1) is 19.3 Å². The maximum absolute atomic E-state index is 12.1. The first kappa shape index (κ1) is 18.1. The molecule has 0 saturated carbocycles. The minimum absolute atomic E-state index is 0.268. The van der Waals surface area contributed by atoms with Gasteiger partial charge >= 0.3 is 0 Å². The third kappa shape index (κ3) is 5.13. The zero-order valence-corrected chi connectivity index (χ0v) is 14.1. The quantitative estimate of drug-likeness (QED) is 0.750. The van der Waals surface area contributed by atoms with Crippen molar-refractivity contribution < 1.29 is 23.8 Å². The Hall–Kier alpha value is -3.22. The largest absolute Gasteiger partial charge is 0.496 e. The van der Waals surface area contributed by atoms with Crippen molar-refractivity contribution >= 4 is 11.8 Å². The van der Waals surface area contributed by atoms with Crippen LogP contribution in [0.3, 0.4) is 0 Å². The van der Waals surface area contributed by atoms with E-state index < -0.39 is 11.8 Å². The Kier molecular flexibility index (Phi) is 6.65. The molecular formula is C18H20N2O5. The van der Waals surface area contributed by atoms with Gasteiger partial charge in [0.1, 0.15) is 5.75 Å². The van der Waals surface area contributed by atoms with Crippen LogP contribution in [0, 0.1) is 0 Å². The van der Waals surface area contributed by atoms with Crippen molar-refractivity contribution in [3.05, 3.63) is 54.1 Å². The van der Waals surface area contributed by atoms with Crippen LogP contribution in [0.25, 0.3) is 0 Å². The van der Waals surface area contributed by atoms with Crippen LogP contribution in [0.5, 0.6) is 17.2 Å². The Bertz CT molecular complexity index is 733. The lowest BCUT2D eigenvalue weighted by Crippen LogP contribution is -2.43. The zero-order valence-electron chi connectivity index (χ0n) is 14.1. The molecule has 0 bridgehead atoms. The highest BCUT2D eigenvalue weighted by atomic mass is 16.5. The molecule has 2 amide bonds. The standard InChI is InChI=1S/C18H20N2O5/c1-3-24-15-10-6-7-11-16(15)25-12-17(21)19-20-18(22)13-8-4-5-9-14(13)23-2/h4-11H,3,12H2,1-2H3,(H,19,21)(H,20,22). The molecule has 0 aliphatic carbocycles. The second-order valence-electron chi connectivity index (χ2n) is 4.87. The molecule has 2 N–H and O–H groups in total. The van der Waals surface area contributed by atoms with Crippen LogP contribution in [0.1, 0.15) is 17.3 Å². The molecule has 0 radical (unpaired) electrons. The van der Waals surface area contributed by atoms with Crippen molar-refractivity contribution in [2.24, 2.45) is 0 Å². The smallest absolute Gasteiger partial charge is 0.276 e. The number of para-hydroxylation sites is 3. The van der Waals surface area contributed by atoms with Gasteiger partial charge in [-0.2, -0.15) is 0 Å². The van der Waals surface area contributed by atoms with Gasteiger partial charge in [-0.25, -0.2) is 0 Å². The van der Waals surface area contributed by atoms with E-state index in [2.05, 4.69) is 10.9 Å². The summed E-state index contributed by atoms with van der Waals surface area (Å²) in [5.41, 5.74) is 4.93. The average molecular weight is 344 g/mol. The summed E-state index contributed by atoms with van der Waals surface area (Å²) in [4.78, 5) is 23.9. The first-order valence-electron chi connectivity index (χ1n) is 7.72. The number of amides is 2. The van der Waals surface area contributed by atoms with Crippen LogP contribution >= 0.6 is 0 Å². The normalized spacial score (nSPS) is 9.84. The number of methoxy groups -OCH3 is 1. The van der Waals surface area contributed by atoms with Crippen molar-refractivity contribution in [1.82, 2.24) is 10.9 Å². The van der Waals surface area contributed by atoms with Crippen molar-refractivity contribution in [2.75, 3.05) is 20.3 Å². The summed E-state index contributed by atoms with van der Waals surface area (Å²) in [7, 11) is 1.47. The molecule has 0 aliphatic heterocycles. The van der Waals surface area contributed by atoms with Gasteiger partial charge in [-0.1, -0.05) is 24.3 Å². The molecule has 7 heteroatoms. The van der Waals surface area contributed by atoms with Crippen LogP contribution in [0.15, 0.2) is 48.5 Å². The van der Waals surface area contributed by atoms with Gasteiger partial charge in [0.25, 0.3) is 11.8 Å². The molecule has 2 rings (SSSR count). The van der Waals surface area contributed by atoms with Crippen LogP contribution < -0.4 is 25.1 Å². The summed E-state index contributed by atoms with van der Waals surface area (Å²) in [5, 5.41) is 0. The lowest BCUT2D eigenvalue weighted by molar-refractivity contribution is -0.123. The lowest BCUT2D eigenvalue weighted by Gasteiger charge is -2.12. The van der Waals surface area contributed by atoms with E-state index in [-0.39, 0.29) is 6.61 Å². The SMILES string of the molecule is CCOc1ccccc1OCC(=O)NNC(=O)c1ccccc1OC. The molecule has 0 fully saturated rings. The predicted molar refractivity (Wildman–Crippen MR) is 91.7 cm³/mol. The van der Waals surface area contributed by atoms with Gasteiger partial charge in [-0.15, -0.1) is 0 Å². The van der Waals surface area contributed by atoms with Gasteiger partial charge in [0.2, 0.25) is 0 Å². The molecule has 0 unspecified atom stereocenters. The summed E-state index contributed by atoms with van der Waals surface area (Å²) < 4.78 is 15.9. The van der Waals surface area contributed by atoms with Gasteiger partial charge in [-0.3, -0.25) is 20.4 Å². The molecule has 7 nitrogen and oxygen atoms in total. The van der Waals surface area contributed by atoms with E-state index in [1.807, 2.05) is 13.0 Å². The van der Waals surface area contributed by atoms with Gasteiger partial charge in [0.15, 0.2) is 18.1 Å². The number of hydrogen-bond acceptors (Lipinski definition) is 5. The van der Waals surface area contributed by atoms with E-state index in [1.165, 1.54) is 7.11 Å². The number of carbonyl (C=O) groups excluding carboxylic acids is 2. The maximum Gasteiger partial charge on any atom is 0.276 e. The van der Waals surface area contributed by atoms with E-state index in [0.717, 1.165) is 0 Å². The number of rotatable bonds is 7. The minimum atomic E-state index is -0.505. The Morgan fingerprint density at radius 2 is 1.48 bits per heavy atom.